The first kappa shape index (κ1) is 20.5. The van der Waals surface area contributed by atoms with Crippen molar-refractivity contribution in [2.75, 3.05) is 39.8 Å². The number of nitrogens with two attached hydrogens (primary N) is 1. The Morgan fingerprint density at radius 1 is 1.36 bits per heavy atom. The van der Waals surface area contributed by atoms with Crippen LogP contribution in [0.4, 0.5) is 0 Å². The number of rotatable bonds is 9. The Hall–Kier alpha value is -2.23. The Kier molecular flexibility index (Phi) is 7.18. The topological polar surface area (TPSA) is 105 Å². The summed E-state index contributed by atoms with van der Waals surface area (Å²) in [5.41, 5.74) is 5.76. The average molecular weight is 406 g/mol. The van der Waals surface area contributed by atoms with Gasteiger partial charge in [0.1, 0.15) is 6.04 Å². The molecule has 1 saturated heterocycles. The van der Waals surface area contributed by atoms with E-state index in [0.29, 0.717) is 24.5 Å². The average Bonchev–Trinajstić information content (AvgIpc) is 3.36. The van der Waals surface area contributed by atoms with E-state index in [1.54, 1.807) is 17.4 Å². The lowest BCUT2D eigenvalue weighted by atomic mass is 10.1. The first-order chi connectivity index (χ1) is 13.5. The molecule has 152 valence electrons. The summed E-state index contributed by atoms with van der Waals surface area (Å²) in [7, 11) is 1.94. The van der Waals surface area contributed by atoms with Crippen molar-refractivity contribution in [3.63, 3.8) is 0 Å². The van der Waals surface area contributed by atoms with E-state index in [1.165, 1.54) is 0 Å². The number of thiophene rings is 1. The highest BCUT2D eigenvalue weighted by Crippen LogP contribution is 2.25. The van der Waals surface area contributed by atoms with Gasteiger partial charge in [-0.2, -0.15) is 0 Å². The number of aromatic nitrogens is 1. The summed E-state index contributed by atoms with van der Waals surface area (Å²) in [5, 5.41) is 8.68. The molecule has 1 aliphatic rings. The fraction of sp³-hybridized carbons (Fsp3) is 0.526. The van der Waals surface area contributed by atoms with Crippen molar-refractivity contribution in [2.24, 2.45) is 5.73 Å². The molecule has 8 nitrogen and oxygen atoms in total. The number of carbonyl (C=O) groups excluding carboxylic acids is 2. The highest BCUT2D eigenvalue weighted by atomic mass is 32.1. The quantitative estimate of drug-likeness (QED) is 0.611. The molecule has 0 spiro atoms. The van der Waals surface area contributed by atoms with E-state index in [1.807, 2.05) is 29.5 Å². The number of hydrogen-bond donors (Lipinski definition) is 2. The number of nitrogens with zero attached hydrogens (tertiary/aromatic N) is 3. The minimum atomic E-state index is -0.259. The maximum absolute atomic E-state index is 12.2. The smallest absolute Gasteiger partial charge is 0.273 e. The van der Waals surface area contributed by atoms with Crippen LogP contribution in [0, 0.1) is 0 Å². The van der Waals surface area contributed by atoms with Crippen molar-refractivity contribution in [3.05, 3.63) is 29.3 Å². The molecule has 28 heavy (non-hydrogen) atoms. The molecule has 1 atom stereocenters. The molecule has 0 aromatic carbocycles. The van der Waals surface area contributed by atoms with Crippen molar-refractivity contribution >= 4 is 23.2 Å². The first-order valence-corrected chi connectivity index (χ1v) is 10.4. The number of nitrogens with one attached hydrogen (secondary N) is 1. The number of carbonyl (C=O) groups is 2. The third-order valence-corrected chi connectivity index (χ3v) is 5.89. The van der Waals surface area contributed by atoms with Gasteiger partial charge in [0, 0.05) is 32.2 Å². The maximum atomic E-state index is 12.2. The van der Waals surface area contributed by atoms with Gasteiger partial charge in [-0.25, -0.2) is 0 Å². The largest absolute Gasteiger partial charge is 0.368 e. The van der Waals surface area contributed by atoms with Gasteiger partial charge in [0.05, 0.1) is 4.88 Å². The Bertz CT molecular complexity index is 776. The highest BCUT2D eigenvalue weighted by Gasteiger charge is 2.27. The molecule has 1 aliphatic heterocycles. The van der Waals surface area contributed by atoms with E-state index >= 15 is 0 Å². The normalized spacial score (nSPS) is 18.2. The Labute approximate surface area is 168 Å². The molecule has 9 heteroatoms. The summed E-state index contributed by atoms with van der Waals surface area (Å²) in [6.45, 7) is 4.05. The lowest BCUT2D eigenvalue weighted by Crippen LogP contribution is -2.56. The molecule has 0 aliphatic carbocycles. The summed E-state index contributed by atoms with van der Waals surface area (Å²) in [5.74, 6) is 0.140. The van der Waals surface area contributed by atoms with Crippen LogP contribution in [0.5, 0.6) is 0 Å². The SMILES string of the molecule is CN1CCN(CCCCCNC(=O)c2cc(-c3cccs3)on2)CC1C(N)=O. The molecule has 3 heterocycles. The third-order valence-electron chi connectivity index (χ3n) is 5.00. The molecule has 2 aromatic heterocycles. The molecular weight excluding hydrogens is 378 g/mol. The maximum Gasteiger partial charge on any atom is 0.273 e. The Balaban J connectivity index is 1.31. The first-order valence-electron chi connectivity index (χ1n) is 9.55. The van der Waals surface area contributed by atoms with Crippen molar-refractivity contribution in [1.82, 2.24) is 20.3 Å². The molecule has 3 N–H and O–H groups in total. The second kappa shape index (κ2) is 9.81. The van der Waals surface area contributed by atoms with Crippen molar-refractivity contribution in [3.8, 4) is 10.6 Å². The fourth-order valence-corrected chi connectivity index (χ4v) is 3.96. The van der Waals surface area contributed by atoms with Crippen LogP contribution in [0.25, 0.3) is 10.6 Å². The second-order valence-electron chi connectivity index (χ2n) is 7.07. The van der Waals surface area contributed by atoms with Crippen molar-refractivity contribution in [2.45, 2.75) is 25.3 Å². The minimum absolute atomic E-state index is 0.199. The molecule has 0 bridgehead atoms. The van der Waals surface area contributed by atoms with Crippen LogP contribution >= 0.6 is 11.3 Å². The summed E-state index contributed by atoms with van der Waals surface area (Å²) in [6, 6.07) is 5.33. The third kappa shape index (κ3) is 5.40. The number of primary amides is 1. The Morgan fingerprint density at radius 2 is 2.21 bits per heavy atom. The minimum Gasteiger partial charge on any atom is -0.368 e. The zero-order chi connectivity index (χ0) is 19.9. The molecule has 0 radical (unpaired) electrons. The van der Waals surface area contributed by atoms with Gasteiger partial charge in [0.15, 0.2) is 11.5 Å². The van der Waals surface area contributed by atoms with Crippen LogP contribution in [0.15, 0.2) is 28.1 Å². The van der Waals surface area contributed by atoms with E-state index in [-0.39, 0.29) is 17.9 Å². The van der Waals surface area contributed by atoms with Gasteiger partial charge in [0.2, 0.25) is 5.91 Å². The van der Waals surface area contributed by atoms with Gasteiger partial charge in [0.25, 0.3) is 5.91 Å². The van der Waals surface area contributed by atoms with E-state index in [9.17, 15) is 9.59 Å². The van der Waals surface area contributed by atoms with Crippen LogP contribution in [-0.4, -0.2) is 72.6 Å². The van der Waals surface area contributed by atoms with Gasteiger partial charge < -0.3 is 15.6 Å². The number of hydrogen-bond acceptors (Lipinski definition) is 7. The van der Waals surface area contributed by atoms with Crippen LogP contribution in [0.1, 0.15) is 29.8 Å². The van der Waals surface area contributed by atoms with Crippen molar-refractivity contribution in [1.29, 1.82) is 0 Å². The lowest BCUT2D eigenvalue weighted by Gasteiger charge is -2.37. The van der Waals surface area contributed by atoms with E-state index in [0.717, 1.165) is 43.8 Å². The van der Waals surface area contributed by atoms with Gasteiger partial charge in [-0.05, 0) is 37.9 Å². The molecule has 0 saturated carbocycles. The number of piperazine rings is 1. The van der Waals surface area contributed by atoms with Gasteiger partial charge in [-0.1, -0.05) is 17.6 Å². The van der Waals surface area contributed by atoms with Crippen LogP contribution < -0.4 is 11.1 Å². The van der Waals surface area contributed by atoms with Crippen LogP contribution in [0.2, 0.25) is 0 Å². The molecular formula is C19H27N5O3S. The Morgan fingerprint density at radius 3 is 2.96 bits per heavy atom. The zero-order valence-electron chi connectivity index (χ0n) is 16.1. The van der Waals surface area contributed by atoms with Gasteiger partial charge >= 0.3 is 0 Å². The van der Waals surface area contributed by atoms with Crippen LogP contribution in [-0.2, 0) is 4.79 Å². The lowest BCUT2D eigenvalue weighted by molar-refractivity contribution is -0.124. The highest BCUT2D eigenvalue weighted by molar-refractivity contribution is 7.13. The van der Waals surface area contributed by atoms with E-state index in [2.05, 4.69) is 15.4 Å². The van der Waals surface area contributed by atoms with Crippen LogP contribution in [0.3, 0.4) is 0 Å². The standard InChI is InChI=1S/C19H27N5O3S/c1-23-9-10-24(13-15(23)18(20)25)8-4-2-3-7-21-19(26)14-12-16(27-22-14)17-6-5-11-28-17/h5-6,11-12,15H,2-4,7-10,13H2,1H3,(H2,20,25)(H,21,26). The predicted octanol–water partition coefficient (Wildman–Crippen LogP) is 1.40. The summed E-state index contributed by atoms with van der Waals surface area (Å²) < 4.78 is 5.23. The van der Waals surface area contributed by atoms with Crippen molar-refractivity contribution < 1.29 is 14.1 Å². The molecule has 3 rings (SSSR count). The number of unbranched alkanes of at least 4 members (excludes halogenated alkanes) is 2. The van der Waals surface area contributed by atoms with Gasteiger partial charge in [-0.3, -0.25) is 19.4 Å². The number of amides is 2. The number of likely N-dealkylation sites (N-methyl/N-ethyl adjacent to an activating group) is 1. The zero-order valence-corrected chi connectivity index (χ0v) is 16.9. The second-order valence-corrected chi connectivity index (χ2v) is 8.02. The summed E-state index contributed by atoms with van der Waals surface area (Å²) >= 11 is 1.54. The van der Waals surface area contributed by atoms with E-state index < -0.39 is 0 Å². The molecule has 2 aromatic rings. The van der Waals surface area contributed by atoms with Gasteiger partial charge in [-0.15, -0.1) is 11.3 Å². The summed E-state index contributed by atoms with van der Waals surface area (Å²) in [6.07, 6.45) is 2.93. The monoisotopic (exact) mass is 405 g/mol. The molecule has 2 amide bonds. The molecule has 1 fully saturated rings. The predicted molar refractivity (Wildman–Crippen MR) is 108 cm³/mol. The molecule has 1 unspecified atom stereocenters. The summed E-state index contributed by atoms with van der Waals surface area (Å²) in [4.78, 5) is 28.9. The fourth-order valence-electron chi connectivity index (χ4n) is 3.29. The van der Waals surface area contributed by atoms with E-state index in [4.69, 9.17) is 10.3 Å².